The number of unbranched alkanes of at least 4 members (excludes halogenated alkanes) is 1. The molecule has 0 aliphatic heterocycles. The molecule has 0 spiro atoms. The summed E-state index contributed by atoms with van der Waals surface area (Å²) in [5, 5.41) is 0. The first kappa shape index (κ1) is 16.1. The van der Waals surface area contributed by atoms with Gasteiger partial charge in [0.1, 0.15) is 17.8 Å². The molecule has 0 fully saturated rings. The number of nitrogens with zero attached hydrogens (tertiary/aromatic N) is 3. The predicted molar refractivity (Wildman–Crippen MR) is 90.5 cm³/mol. The molecular weight excluding hydrogens is 276 g/mol. The Hall–Kier alpha value is -2.30. The Morgan fingerprint density at radius 3 is 2.50 bits per heavy atom. The number of hydrogen-bond acceptors (Lipinski definition) is 5. The van der Waals surface area contributed by atoms with Crippen LogP contribution in [0, 0.1) is 0 Å². The summed E-state index contributed by atoms with van der Waals surface area (Å²) in [7, 11) is 1.98. The smallest absolute Gasteiger partial charge is 0.248 e. The minimum atomic E-state index is 0.401. The van der Waals surface area contributed by atoms with Gasteiger partial charge in [0.2, 0.25) is 5.88 Å². The third kappa shape index (κ3) is 3.87. The number of benzene rings is 1. The monoisotopic (exact) mass is 300 g/mol. The van der Waals surface area contributed by atoms with Crippen LogP contribution in [0.1, 0.15) is 32.3 Å². The summed E-state index contributed by atoms with van der Waals surface area (Å²) in [5.74, 6) is 1.84. The van der Waals surface area contributed by atoms with Crippen LogP contribution in [0.25, 0.3) is 0 Å². The van der Waals surface area contributed by atoms with Crippen LogP contribution in [0.2, 0.25) is 0 Å². The second-order valence-corrected chi connectivity index (χ2v) is 5.29. The van der Waals surface area contributed by atoms with Gasteiger partial charge in [0.05, 0.1) is 0 Å². The number of anilines is 2. The maximum Gasteiger partial charge on any atom is 0.248 e. The fraction of sp³-hybridized carbons (Fsp3) is 0.412. The van der Waals surface area contributed by atoms with Crippen LogP contribution >= 0.6 is 0 Å². The third-order valence-electron chi connectivity index (χ3n) is 3.58. The highest BCUT2D eigenvalue weighted by Gasteiger charge is 2.13. The van der Waals surface area contributed by atoms with E-state index in [0.29, 0.717) is 17.4 Å². The molecule has 118 valence electrons. The van der Waals surface area contributed by atoms with Crippen LogP contribution in [0.5, 0.6) is 11.6 Å². The van der Waals surface area contributed by atoms with Crippen LogP contribution in [-0.4, -0.2) is 23.6 Å². The van der Waals surface area contributed by atoms with Crippen molar-refractivity contribution in [3.05, 3.63) is 36.2 Å². The van der Waals surface area contributed by atoms with Crippen molar-refractivity contribution in [2.45, 2.75) is 33.1 Å². The topological polar surface area (TPSA) is 64.3 Å². The molecule has 5 heteroatoms. The van der Waals surface area contributed by atoms with E-state index in [1.54, 1.807) is 0 Å². The van der Waals surface area contributed by atoms with E-state index in [2.05, 4.69) is 23.8 Å². The Kier molecular flexibility index (Phi) is 5.58. The van der Waals surface area contributed by atoms with Crippen molar-refractivity contribution in [3.8, 4) is 11.6 Å². The molecule has 0 saturated carbocycles. The Balaban J connectivity index is 2.17. The molecule has 0 bridgehead atoms. The quantitative estimate of drug-likeness (QED) is 0.845. The first-order valence-corrected chi connectivity index (χ1v) is 7.74. The lowest BCUT2D eigenvalue weighted by Gasteiger charge is -2.20. The second-order valence-electron chi connectivity index (χ2n) is 5.29. The average molecular weight is 300 g/mol. The van der Waals surface area contributed by atoms with Gasteiger partial charge < -0.3 is 15.4 Å². The first-order chi connectivity index (χ1) is 10.7. The summed E-state index contributed by atoms with van der Waals surface area (Å²) in [4.78, 5) is 10.5. The summed E-state index contributed by atoms with van der Waals surface area (Å²) in [6.07, 6.45) is 4.71. The Labute approximate surface area is 132 Å². The van der Waals surface area contributed by atoms with E-state index in [9.17, 15) is 0 Å². The highest BCUT2D eigenvalue weighted by molar-refractivity contribution is 5.67. The van der Waals surface area contributed by atoms with E-state index in [-0.39, 0.29) is 0 Å². The van der Waals surface area contributed by atoms with Crippen LogP contribution in [0.3, 0.4) is 0 Å². The van der Waals surface area contributed by atoms with Crippen LogP contribution in [0.4, 0.5) is 11.5 Å². The lowest BCUT2D eigenvalue weighted by atomic mass is 10.2. The summed E-state index contributed by atoms with van der Waals surface area (Å²) >= 11 is 0. The molecule has 0 amide bonds. The van der Waals surface area contributed by atoms with Gasteiger partial charge in [-0.05, 0) is 30.5 Å². The molecule has 2 rings (SSSR count). The fourth-order valence-corrected chi connectivity index (χ4v) is 2.16. The summed E-state index contributed by atoms with van der Waals surface area (Å²) in [6.45, 7) is 5.19. The first-order valence-electron chi connectivity index (χ1n) is 7.74. The van der Waals surface area contributed by atoms with E-state index in [0.717, 1.165) is 31.6 Å². The van der Waals surface area contributed by atoms with Crippen molar-refractivity contribution in [2.24, 2.45) is 0 Å². The SMILES string of the molecule is CCCCN(C)c1ncnc(Oc2ccc(CC)cc2)c1N. The lowest BCUT2D eigenvalue weighted by molar-refractivity contribution is 0.464. The normalized spacial score (nSPS) is 10.5. The standard InChI is InChI=1S/C17H24N4O/c1-4-6-11-21(3)16-15(18)17(20-12-19-16)22-14-9-7-13(5-2)8-10-14/h7-10,12H,4-6,11,18H2,1-3H3. The van der Waals surface area contributed by atoms with Crippen LogP contribution in [0.15, 0.2) is 30.6 Å². The lowest BCUT2D eigenvalue weighted by Crippen LogP contribution is -2.21. The molecule has 0 aliphatic rings. The third-order valence-corrected chi connectivity index (χ3v) is 3.58. The van der Waals surface area contributed by atoms with Gasteiger partial charge in [0.15, 0.2) is 5.82 Å². The van der Waals surface area contributed by atoms with Gasteiger partial charge in [-0.3, -0.25) is 0 Å². The van der Waals surface area contributed by atoms with Gasteiger partial charge in [-0.15, -0.1) is 0 Å². The van der Waals surface area contributed by atoms with E-state index < -0.39 is 0 Å². The minimum Gasteiger partial charge on any atom is -0.437 e. The van der Waals surface area contributed by atoms with E-state index in [4.69, 9.17) is 10.5 Å². The van der Waals surface area contributed by atoms with E-state index >= 15 is 0 Å². The molecule has 0 saturated heterocycles. The van der Waals surface area contributed by atoms with Crippen molar-refractivity contribution in [1.29, 1.82) is 0 Å². The molecular formula is C17H24N4O. The molecule has 0 atom stereocenters. The number of ether oxygens (including phenoxy) is 1. The molecule has 1 aromatic carbocycles. The van der Waals surface area contributed by atoms with Crippen LogP contribution in [-0.2, 0) is 6.42 Å². The van der Waals surface area contributed by atoms with Gasteiger partial charge in [-0.1, -0.05) is 32.4 Å². The van der Waals surface area contributed by atoms with Crippen molar-refractivity contribution < 1.29 is 4.74 Å². The molecule has 0 radical (unpaired) electrons. The van der Waals surface area contributed by atoms with Gasteiger partial charge in [-0.2, -0.15) is 4.98 Å². The molecule has 1 aromatic heterocycles. The van der Waals surface area contributed by atoms with Crippen molar-refractivity contribution >= 4 is 11.5 Å². The van der Waals surface area contributed by atoms with Gasteiger partial charge >= 0.3 is 0 Å². The van der Waals surface area contributed by atoms with E-state index in [1.165, 1.54) is 11.9 Å². The molecule has 1 heterocycles. The van der Waals surface area contributed by atoms with E-state index in [1.807, 2.05) is 36.2 Å². The molecule has 0 unspecified atom stereocenters. The largest absolute Gasteiger partial charge is 0.437 e. The van der Waals surface area contributed by atoms with Gasteiger partial charge in [0, 0.05) is 13.6 Å². The van der Waals surface area contributed by atoms with Crippen molar-refractivity contribution in [2.75, 3.05) is 24.2 Å². The zero-order valence-electron chi connectivity index (χ0n) is 13.5. The maximum absolute atomic E-state index is 6.17. The number of aromatic nitrogens is 2. The number of aryl methyl sites for hydroxylation is 1. The van der Waals surface area contributed by atoms with Crippen LogP contribution < -0.4 is 15.4 Å². The van der Waals surface area contributed by atoms with Crippen molar-refractivity contribution in [1.82, 2.24) is 9.97 Å². The Bertz CT molecular complexity index is 598. The maximum atomic E-state index is 6.17. The summed E-state index contributed by atoms with van der Waals surface area (Å²) in [5.41, 5.74) is 7.91. The zero-order valence-corrected chi connectivity index (χ0v) is 13.5. The van der Waals surface area contributed by atoms with Crippen molar-refractivity contribution in [3.63, 3.8) is 0 Å². The number of nitrogen functional groups attached to an aromatic ring is 1. The fourth-order valence-electron chi connectivity index (χ4n) is 2.16. The molecule has 5 nitrogen and oxygen atoms in total. The Morgan fingerprint density at radius 2 is 1.86 bits per heavy atom. The highest BCUT2D eigenvalue weighted by atomic mass is 16.5. The van der Waals surface area contributed by atoms with Gasteiger partial charge in [-0.25, -0.2) is 4.98 Å². The van der Waals surface area contributed by atoms with Gasteiger partial charge in [0.25, 0.3) is 0 Å². The molecule has 0 aliphatic carbocycles. The number of rotatable bonds is 7. The Morgan fingerprint density at radius 1 is 1.14 bits per heavy atom. The number of hydrogen-bond donors (Lipinski definition) is 1. The average Bonchev–Trinajstić information content (AvgIpc) is 2.55. The summed E-state index contributed by atoms with van der Waals surface area (Å²) < 4.78 is 5.80. The molecule has 2 aromatic rings. The second kappa shape index (κ2) is 7.64. The summed E-state index contributed by atoms with van der Waals surface area (Å²) in [6, 6.07) is 7.95. The highest BCUT2D eigenvalue weighted by Crippen LogP contribution is 2.31. The zero-order chi connectivity index (χ0) is 15.9. The predicted octanol–water partition coefficient (Wildman–Crippen LogP) is 3.65. The molecule has 22 heavy (non-hydrogen) atoms. The number of nitrogens with two attached hydrogens (primary N) is 1. The molecule has 2 N–H and O–H groups in total. The minimum absolute atomic E-state index is 0.401.